The number of benzene rings is 1. The number of hydrogen-bond donors (Lipinski definition) is 2. The Labute approximate surface area is 162 Å². The average molecular weight is 393 g/mol. The van der Waals surface area contributed by atoms with Crippen molar-refractivity contribution in [3.8, 4) is 0 Å². The summed E-state index contributed by atoms with van der Waals surface area (Å²) >= 11 is 2.88. The largest absolute Gasteiger partial charge is 0.376 e. The standard InChI is InChI=1S/C18H24N4O2S2/c1-11-6-7-14(9-12(11)2)20-17-21-22-18(26-17)25-13(3)16(23)19-10-15-5-4-8-24-15/h6-7,9,13,15H,4-5,8,10H2,1-3H3,(H,19,23)(H,20,21)/t13-,15-/m0/s1. The topological polar surface area (TPSA) is 76.1 Å². The van der Waals surface area contributed by atoms with E-state index in [-0.39, 0.29) is 17.3 Å². The molecule has 2 atom stereocenters. The number of carbonyl (C=O) groups excluding carboxylic acids is 1. The van der Waals surface area contributed by atoms with Crippen LogP contribution in [0.2, 0.25) is 0 Å². The molecule has 2 aromatic rings. The molecular weight excluding hydrogens is 368 g/mol. The normalized spacial score (nSPS) is 17.9. The first-order valence-corrected chi connectivity index (χ1v) is 10.4. The van der Waals surface area contributed by atoms with Gasteiger partial charge in [-0.15, -0.1) is 10.2 Å². The van der Waals surface area contributed by atoms with E-state index < -0.39 is 0 Å². The lowest BCUT2D eigenvalue weighted by molar-refractivity contribution is -0.120. The van der Waals surface area contributed by atoms with Crippen LogP contribution in [-0.4, -0.2) is 40.6 Å². The lowest BCUT2D eigenvalue weighted by atomic mass is 10.1. The van der Waals surface area contributed by atoms with E-state index in [0.717, 1.165) is 34.6 Å². The number of amides is 1. The zero-order valence-corrected chi connectivity index (χ0v) is 16.9. The maximum Gasteiger partial charge on any atom is 0.233 e. The quantitative estimate of drug-likeness (QED) is 0.700. The van der Waals surface area contributed by atoms with Crippen LogP contribution in [0.15, 0.2) is 22.5 Å². The van der Waals surface area contributed by atoms with Crippen molar-refractivity contribution in [3.05, 3.63) is 29.3 Å². The van der Waals surface area contributed by atoms with Crippen molar-refractivity contribution in [1.29, 1.82) is 0 Å². The molecule has 26 heavy (non-hydrogen) atoms. The molecule has 1 aromatic heterocycles. The third-order valence-corrected chi connectivity index (χ3v) is 6.36. The summed E-state index contributed by atoms with van der Waals surface area (Å²) in [5.74, 6) is 0.00404. The van der Waals surface area contributed by atoms with Gasteiger partial charge in [0.25, 0.3) is 0 Å². The van der Waals surface area contributed by atoms with Crippen LogP contribution in [-0.2, 0) is 9.53 Å². The summed E-state index contributed by atoms with van der Waals surface area (Å²) in [7, 11) is 0. The van der Waals surface area contributed by atoms with Gasteiger partial charge < -0.3 is 15.4 Å². The van der Waals surface area contributed by atoms with Crippen LogP contribution in [0.4, 0.5) is 10.8 Å². The van der Waals surface area contributed by atoms with Crippen molar-refractivity contribution in [1.82, 2.24) is 15.5 Å². The van der Waals surface area contributed by atoms with Gasteiger partial charge in [0.05, 0.1) is 11.4 Å². The van der Waals surface area contributed by atoms with Crippen molar-refractivity contribution in [2.45, 2.75) is 49.3 Å². The first-order valence-electron chi connectivity index (χ1n) is 8.75. The van der Waals surface area contributed by atoms with Crippen molar-refractivity contribution in [2.75, 3.05) is 18.5 Å². The molecule has 1 aliphatic rings. The molecule has 1 fully saturated rings. The van der Waals surface area contributed by atoms with Gasteiger partial charge in [-0.2, -0.15) is 0 Å². The van der Waals surface area contributed by atoms with E-state index in [1.54, 1.807) is 0 Å². The van der Waals surface area contributed by atoms with Gasteiger partial charge in [0.2, 0.25) is 11.0 Å². The van der Waals surface area contributed by atoms with Crippen LogP contribution in [0.1, 0.15) is 30.9 Å². The Bertz CT molecular complexity index is 759. The van der Waals surface area contributed by atoms with Gasteiger partial charge >= 0.3 is 0 Å². The summed E-state index contributed by atoms with van der Waals surface area (Å²) in [4.78, 5) is 12.2. The average Bonchev–Trinajstić information content (AvgIpc) is 3.28. The lowest BCUT2D eigenvalue weighted by Crippen LogP contribution is -2.36. The van der Waals surface area contributed by atoms with E-state index in [0.29, 0.717) is 6.54 Å². The van der Waals surface area contributed by atoms with Gasteiger partial charge in [-0.05, 0) is 56.9 Å². The molecule has 1 aliphatic heterocycles. The predicted molar refractivity (Wildman–Crippen MR) is 106 cm³/mol. The summed E-state index contributed by atoms with van der Waals surface area (Å²) in [6.45, 7) is 7.43. The number of nitrogens with zero attached hydrogens (tertiary/aromatic N) is 2. The van der Waals surface area contributed by atoms with Gasteiger partial charge in [0.1, 0.15) is 0 Å². The van der Waals surface area contributed by atoms with Crippen molar-refractivity contribution >= 4 is 39.8 Å². The smallest absolute Gasteiger partial charge is 0.233 e. The maximum atomic E-state index is 12.2. The molecule has 0 aliphatic carbocycles. The Kier molecular flexibility index (Phi) is 6.50. The molecule has 1 saturated heterocycles. The fourth-order valence-corrected chi connectivity index (χ4v) is 4.56. The second kappa shape index (κ2) is 8.83. The number of rotatable bonds is 7. The molecule has 8 heteroatoms. The van der Waals surface area contributed by atoms with Crippen LogP contribution >= 0.6 is 23.1 Å². The molecule has 1 aromatic carbocycles. The van der Waals surface area contributed by atoms with Gasteiger partial charge in [0.15, 0.2) is 4.34 Å². The highest BCUT2D eigenvalue weighted by atomic mass is 32.2. The van der Waals surface area contributed by atoms with Crippen molar-refractivity contribution in [3.63, 3.8) is 0 Å². The van der Waals surface area contributed by atoms with E-state index in [4.69, 9.17) is 4.74 Å². The predicted octanol–water partition coefficient (Wildman–Crippen LogP) is 3.67. The van der Waals surface area contributed by atoms with E-state index in [2.05, 4.69) is 46.8 Å². The Morgan fingerprint density at radius 3 is 2.96 bits per heavy atom. The molecule has 2 N–H and O–H groups in total. The molecule has 3 rings (SSSR count). The monoisotopic (exact) mass is 392 g/mol. The molecule has 6 nitrogen and oxygen atoms in total. The maximum absolute atomic E-state index is 12.2. The number of aryl methyl sites for hydroxylation is 2. The Morgan fingerprint density at radius 1 is 1.38 bits per heavy atom. The third kappa shape index (κ3) is 5.18. The molecule has 0 spiro atoms. The Morgan fingerprint density at radius 2 is 2.23 bits per heavy atom. The fraction of sp³-hybridized carbons (Fsp3) is 0.500. The summed E-state index contributed by atoms with van der Waals surface area (Å²) in [6, 6.07) is 6.19. The van der Waals surface area contributed by atoms with Crippen LogP contribution in [0.3, 0.4) is 0 Å². The summed E-state index contributed by atoms with van der Waals surface area (Å²) in [5.41, 5.74) is 3.47. The van der Waals surface area contributed by atoms with Gasteiger partial charge in [-0.1, -0.05) is 29.2 Å². The molecule has 0 unspecified atom stereocenters. The van der Waals surface area contributed by atoms with Crippen molar-refractivity contribution in [2.24, 2.45) is 0 Å². The number of thioether (sulfide) groups is 1. The minimum atomic E-state index is -0.223. The summed E-state index contributed by atoms with van der Waals surface area (Å²) in [5, 5.41) is 15.1. The first kappa shape index (κ1) is 19.1. The van der Waals surface area contributed by atoms with Crippen LogP contribution in [0, 0.1) is 13.8 Å². The van der Waals surface area contributed by atoms with E-state index in [1.807, 2.05) is 13.0 Å². The minimum Gasteiger partial charge on any atom is -0.376 e. The number of aromatic nitrogens is 2. The number of nitrogens with one attached hydrogen (secondary N) is 2. The third-order valence-electron chi connectivity index (χ3n) is 4.34. The SMILES string of the molecule is Cc1ccc(Nc2nnc(S[C@@H](C)C(=O)NC[C@@H]3CCCO3)s2)cc1C. The molecule has 140 valence electrons. The zero-order chi connectivity index (χ0) is 18.5. The fourth-order valence-electron chi connectivity index (χ4n) is 2.62. The molecule has 0 radical (unpaired) electrons. The number of ether oxygens (including phenoxy) is 1. The number of hydrogen-bond acceptors (Lipinski definition) is 7. The Balaban J connectivity index is 1.50. The van der Waals surface area contributed by atoms with E-state index in [9.17, 15) is 4.79 Å². The highest BCUT2D eigenvalue weighted by Gasteiger charge is 2.20. The van der Waals surface area contributed by atoms with Crippen LogP contribution in [0.25, 0.3) is 0 Å². The molecule has 1 amide bonds. The lowest BCUT2D eigenvalue weighted by Gasteiger charge is -2.13. The van der Waals surface area contributed by atoms with Gasteiger partial charge in [0, 0.05) is 18.8 Å². The van der Waals surface area contributed by atoms with Crippen molar-refractivity contribution < 1.29 is 9.53 Å². The van der Waals surface area contributed by atoms with E-state index in [1.165, 1.54) is 34.2 Å². The first-order chi connectivity index (χ1) is 12.5. The highest BCUT2D eigenvalue weighted by molar-refractivity contribution is 8.02. The van der Waals surface area contributed by atoms with Crippen LogP contribution in [0.5, 0.6) is 0 Å². The Hall–Kier alpha value is -1.64. The van der Waals surface area contributed by atoms with Gasteiger partial charge in [-0.3, -0.25) is 4.79 Å². The summed E-state index contributed by atoms with van der Waals surface area (Å²) in [6.07, 6.45) is 2.25. The molecular formula is C18H24N4O2S2. The van der Waals surface area contributed by atoms with Crippen LogP contribution < -0.4 is 10.6 Å². The zero-order valence-electron chi connectivity index (χ0n) is 15.2. The second-order valence-corrected chi connectivity index (χ2v) is 9.00. The molecule has 0 saturated carbocycles. The molecule has 0 bridgehead atoms. The molecule has 2 heterocycles. The number of carbonyl (C=O) groups is 1. The minimum absolute atomic E-state index is 0.00404. The second-order valence-electron chi connectivity index (χ2n) is 6.44. The summed E-state index contributed by atoms with van der Waals surface area (Å²) < 4.78 is 6.30. The van der Waals surface area contributed by atoms with Gasteiger partial charge in [-0.25, -0.2) is 0 Å². The highest BCUT2D eigenvalue weighted by Crippen LogP contribution is 2.30. The number of anilines is 2. The van der Waals surface area contributed by atoms with E-state index >= 15 is 0 Å².